The Kier molecular flexibility index (Phi) is 4.34. The Hall–Kier alpha value is -0.740. The molecule has 1 saturated carbocycles. The van der Waals surface area contributed by atoms with Gasteiger partial charge in [-0.1, -0.05) is 13.8 Å². The molecular formula is C13H21F3O2. The van der Waals surface area contributed by atoms with Crippen LogP contribution in [0.15, 0.2) is 0 Å². The minimum atomic E-state index is -4.19. The van der Waals surface area contributed by atoms with Crippen LogP contribution in [0.5, 0.6) is 0 Å². The summed E-state index contributed by atoms with van der Waals surface area (Å²) in [6.07, 6.45) is -2.50. The molecule has 2 nitrogen and oxygen atoms in total. The second-order valence-electron chi connectivity index (χ2n) is 6.22. The van der Waals surface area contributed by atoms with Gasteiger partial charge in [0.15, 0.2) is 0 Å². The normalized spacial score (nSPS) is 22.7. The molecule has 0 unspecified atom stereocenters. The average molecular weight is 266 g/mol. The Morgan fingerprint density at radius 1 is 1.17 bits per heavy atom. The van der Waals surface area contributed by atoms with Gasteiger partial charge in [-0.2, -0.15) is 13.2 Å². The first-order chi connectivity index (χ1) is 8.06. The highest BCUT2D eigenvalue weighted by Gasteiger charge is 2.44. The Morgan fingerprint density at radius 3 is 2.06 bits per heavy atom. The van der Waals surface area contributed by atoms with E-state index in [1.807, 2.05) is 0 Å². The van der Waals surface area contributed by atoms with Crippen LogP contribution in [0, 0.1) is 10.8 Å². The quantitative estimate of drug-likeness (QED) is 0.819. The summed E-state index contributed by atoms with van der Waals surface area (Å²) in [7, 11) is 0. The average Bonchev–Trinajstić information content (AvgIpc) is 2.19. The van der Waals surface area contributed by atoms with E-state index in [-0.39, 0.29) is 18.3 Å². The number of carboxylic acids is 1. The zero-order chi connectivity index (χ0) is 14.0. The molecule has 0 aromatic rings. The second kappa shape index (κ2) is 5.10. The van der Waals surface area contributed by atoms with E-state index in [4.69, 9.17) is 0 Å². The summed E-state index contributed by atoms with van der Waals surface area (Å²) in [5, 5.41) is 9.31. The molecule has 0 bridgehead atoms. The highest BCUT2D eigenvalue weighted by atomic mass is 19.4. The van der Waals surface area contributed by atoms with E-state index < -0.39 is 24.0 Å². The summed E-state index contributed by atoms with van der Waals surface area (Å²) in [6, 6.07) is 0. The van der Waals surface area contributed by atoms with Gasteiger partial charge in [-0.15, -0.1) is 0 Å². The van der Waals surface area contributed by atoms with Gasteiger partial charge in [0.2, 0.25) is 0 Å². The van der Waals surface area contributed by atoms with Crippen LogP contribution in [0.25, 0.3) is 0 Å². The van der Waals surface area contributed by atoms with Crippen LogP contribution in [-0.4, -0.2) is 17.3 Å². The first-order valence-electron chi connectivity index (χ1n) is 6.37. The molecule has 0 heterocycles. The lowest BCUT2D eigenvalue weighted by atomic mass is 9.63. The maximum absolute atomic E-state index is 12.1. The van der Waals surface area contributed by atoms with Crippen molar-refractivity contribution in [3.63, 3.8) is 0 Å². The largest absolute Gasteiger partial charge is 0.481 e. The topological polar surface area (TPSA) is 37.3 Å². The van der Waals surface area contributed by atoms with Crippen LogP contribution < -0.4 is 0 Å². The maximum Gasteiger partial charge on any atom is 0.389 e. The summed E-state index contributed by atoms with van der Waals surface area (Å²) in [4.78, 5) is 11.4. The van der Waals surface area contributed by atoms with Crippen molar-refractivity contribution >= 4 is 5.97 Å². The highest BCUT2D eigenvalue weighted by Crippen LogP contribution is 2.48. The van der Waals surface area contributed by atoms with Crippen molar-refractivity contribution < 1.29 is 23.1 Å². The molecule has 0 saturated heterocycles. The van der Waals surface area contributed by atoms with Gasteiger partial charge in [0, 0.05) is 6.42 Å². The van der Waals surface area contributed by atoms with Gasteiger partial charge in [0.05, 0.1) is 5.41 Å². The van der Waals surface area contributed by atoms with E-state index in [0.717, 1.165) is 12.8 Å². The number of carboxylic acid groups (broad SMARTS) is 1. The van der Waals surface area contributed by atoms with Gasteiger partial charge in [-0.25, -0.2) is 0 Å². The molecule has 5 heteroatoms. The van der Waals surface area contributed by atoms with Crippen LogP contribution in [-0.2, 0) is 4.79 Å². The molecule has 1 fully saturated rings. The Bertz CT molecular complexity index is 298. The van der Waals surface area contributed by atoms with E-state index in [9.17, 15) is 23.1 Å². The maximum atomic E-state index is 12.1. The van der Waals surface area contributed by atoms with E-state index >= 15 is 0 Å². The first kappa shape index (κ1) is 15.3. The molecular weight excluding hydrogens is 245 g/mol. The molecule has 1 rings (SSSR count). The van der Waals surface area contributed by atoms with E-state index in [0.29, 0.717) is 12.8 Å². The number of aliphatic carboxylic acids is 1. The van der Waals surface area contributed by atoms with Gasteiger partial charge < -0.3 is 5.11 Å². The fourth-order valence-corrected chi connectivity index (χ4v) is 2.60. The molecule has 0 radical (unpaired) electrons. The third kappa shape index (κ3) is 4.18. The molecule has 0 spiro atoms. The predicted octanol–water partition coefficient (Wildman–Crippen LogP) is 4.39. The van der Waals surface area contributed by atoms with Crippen molar-refractivity contribution in [3.05, 3.63) is 0 Å². The third-order valence-corrected chi connectivity index (χ3v) is 4.13. The third-order valence-electron chi connectivity index (χ3n) is 4.13. The summed E-state index contributed by atoms with van der Waals surface area (Å²) >= 11 is 0. The molecule has 1 aliphatic rings. The van der Waals surface area contributed by atoms with E-state index in [1.54, 1.807) is 0 Å². The van der Waals surface area contributed by atoms with Crippen molar-refractivity contribution in [3.8, 4) is 0 Å². The Labute approximate surface area is 106 Å². The summed E-state index contributed by atoms with van der Waals surface area (Å²) < 4.78 is 36.3. The SMILES string of the molecule is CC1(C)CCC(CCCC(F)(F)F)(C(=O)O)CC1. The van der Waals surface area contributed by atoms with Crippen LogP contribution in [0.3, 0.4) is 0 Å². The Morgan fingerprint density at radius 2 is 1.67 bits per heavy atom. The van der Waals surface area contributed by atoms with Crippen molar-refractivity contribution in [2.45, 2.75) is 65.0 Å². The van der Waals surface area contributed by atoms with Crippen molar-refractivity contribution in [2.75, 3.05) is 0 Å². The fraction of sp³-hybridized carbons (Fsp3) is 0.923. The standard InChI is InChI=1S/C13H21F3O2/c1-11(2)6-8-12(9-7-11,10(17)18)4-3-5-13(14,15)16/h3-9H2,1-2H3,(H,17,18). The smallest absolute Gasteiger partial charge is 0.389 e. The van der Waals surface area contributed by atoms with E-state index in [1.165, 1.54) is 0 Å². The monoisotopic (exact) mass is 266 g/mol. The lowest BCUT2D eigenvalue weighted by Crippen LogP contribution is -2.38. The molecule has 18 heavy (non-hydrogen) atoms. The lowest BCUT2D eigenvalue weighted by molar-refractivity contribution is -0.156. The van der Waals surface area contributed by atoms with Gasteiger partial charge >= 0.3 is 12.1 Å². The zero-order valence-electron chi connectivity index (χ0n) is 10.9. The van der Waals surface area contributed by atoms with Crippen molar-refractivity contribution in [1.29, 1.82) is 0 Å². The summed E-state index contributed by atoms with van der Waals surface area (Å²) in [5.41, 5.74) is -0.816. The minimum absolute atomic E-state index is 0.0871. The molecule has 1 aliphatic carbocycles. The van der Waals surface area contributed by atoms with Gasteiger partial charge in [-0.3, -0.25) is 4.79 Å². The van der Waals surface area contributed by atoms with Crippen LogP contribution in [0.4, 0.5) is 13.2 Å². The first-order valence-corrected chi connectivity index (χ1v) is 6.37. The molecule has 0 amide bonds. The molecule has 106 valence electrons. The zero-order valence-corrected chi connectivity index (χ0v) is 10.9. The summed E-state index contributed by atoms with van der Waals surface area (Å²) in [5.74, 6) is -0.930. The predicted molar refractivity (Wildman–Crippen MR) is 62.2 cm³/mol. The number of hydrogen-bond acceptors (Lipinski definition) is 1. The minimum Gasteiger partial charge on any atom is -0.481 e. The second-order valence-corrected chi connectivity index (χ2v) is 6.22. The van der Waals surface area contributed by atoms with Crippen LogP contribution in [0.1, 0.15) is 58.8 Å². The highest BCUT2D eigenvalue weighted by molar-refractivity contribution is 5.74. The number of rotatable bonds is 4. The van der Waals surface area contributed by atoms with Crippen LogP contribution >= 0.6 is 0 Å². The van der Waals surface area contributed by atoms with Gasteiger partial charge in [-0.05, 0) is 43.9 Å². The number of carbonyl (C=O) groups is 1. The van der Waals surface area contributed by atoms with Crippen LogP contribution in [0.2, 0.25) is 0 Å². The lowest BCUT2D eigenvalue weighted by Gasteiger charge is -2.41. The number of halogens is 3. The molecule has 0 aliphatic heterocycles. The molecule has 0 aromatic heterocycles. The summed E-state index contributed by atoms with van der Waals surface area (Å²) in [6.45, 7) is 4.16. The van der Waals surface area contributed by atoms with Gasteiger partial charge in [0.1, 0.15) is 0 Å². The molecule has 1 N–H and O–H groups in total. The molecule has 0 aromatic carbocycles. The Balaban J connectivity index is 2.58. The van der Waals surface area contributed by atoms with E-state index in [2.05, 4.69) is 13.8 Å². The number of hydrogen-bond donors (Lipinski definition) is 1. The fourth-order valence-electron chi connectivity index (χ4n) is 2.60. The number of alkyl halides is 3. The van der Waals surface area contributed by atoms with Crippen molar-refractivity contribution in [1.82, 2.24) is 0 Å². The molecule has 0 atom stereocenters. The van der Waals surface area contributed by atoms with Crippen molar-refractivity contribution in [2.24, 2.45) is 10.8 Å². The van der Waals surface area contributed by atoms with Gasteiger partial charge in [0.25, 0.3) is 0 Å².